The maximum atomic E-state index is 10.6. The van der Waals surface area contributed by atoms with Crippen LogP contribution in [0.3, 0.4) is 0 Å². The molecule has 5 rings (SSSR count). The molecule has 1 heterocycles. The Morgan fingerprint density at radius 1 is 1.25 bits per heavy atom. The van der Waals surface area contributed by atoms with Crippen LogP contribution < -0.4 is 5.73 Å². The van der Waals surface area contributed by atoms with Crippen LogP contribution in [-0.2, 0) is 28.3 Å². The van der Waals surface area contributed by atoms with Crippen molar-refractivity contribution in [2.45, 2.75) is 49.7 Å². The highest BCUT2D eigenvalue weighted by Crippen LogP contribution is 2.64. The number of carbonyl (C=O) groups is 1. The molecule has 3 aliphatic carbocycles. The first-order chi connectivity index (χ1) is 13.0. The molecular weight excluding hydrogens is 490 g/mol. The number of nitrogens with zero attached hydrogens (tertiary/aromatic N) is 2. The molecule has 1 aromatic carbocycles. The number of aromatic nitrogens is 2. The van der Waals surface area contributed by atoms with Crippen molar-refractivity contribution in [3.05, 3.63) is 51.6 Å². The fourth-order valence-electron chi connectivity index (χ4n) is 3.80. The molecule has 3 saturated carbocycles. The van der Waals surface area contributed by atoms with Crippen molar-refractivity contribution < 1.29 is 27.8 Å². The molecular formula is C18H19F3IN3O3. The van der Waals surface area contributed by atoms with E-state index in [-0.39, 0.29) is 11.1 Å². The molecule has 152 valence electrons. The molecule has 0 unspecified atom stereocenters. The first kappa shape index (κ1) is 21.1. The Morgan fingerprint density at radius 2 is 1.82 bits per heavy atom. The predicted octanol–water partition coefficient (Wildman–Crippen LogP) is 3.43. The number of carboxylic acids is 1. The maximum absolute atomic E-state index is 10.6. The second-order valence-electron chi connectivity index (χ2n) is 7.25. The van der Waals surface area contributed by atoms with Crippen molar-refractivity contribution in [1.82, 2.24) is 9.55 Å². The van der Waals surface area contributed by atoms with Crippen LogP contribution in [0, 0.1) is 3.70 Å². The molecule has 3 fully saturated rings. The summed E-state index contributed by atoms with van der Waals surface area (Å²) < 4.78 is 40.9. The molecule has 3 aliphatic rings. The molecule has 2 bridgehead atoms. The van der Waals surface area contributed by atoms with Crippen LogP contribution in [0.15, 0.2) is 36.5 Å². The number of nitrogens with two attached hydrogens (primary N) is 1. The van der Waals surface area contributed by atoms with Gasteiger partial charge in [0.2, 0.25) is 0 Å². The van der Waals surface area contributed by atoms with Gasteiger partial charge < -0.3 is 20.1 Å². The lowest BCUT2D eigenvalue weighted by Gasteiger charge is -2.69. The van der Waals surface area contributed by atoms with Gasteiger partial charge in [0.1, 0.15) is 16.1 Å². The highest BCUT2D eigenvalue weighted by Gasteiger charge is 2.67. The monoisotopic (exact) mass is 509 g/mol. The molecule has 2 aromatic rings. The minimum absolute atomic E-state index is 0.109. The Bertz CT molecular complexity index is 835. The molecule has 6 nitrogen and oxygen atoms in total. The minimum Gasteiger partial charge on any atom is -0.475 e. The third-order valence-corrected chi connectivity index (χ3v) is 5.41. The number of carboxylic acid groups (broad SMARTS) is 1. The molecule has 0 aliphatic heterocycles. The normalized spacial score (nSPS) is 25.2. The predicted molar refractivity (Wildman–Crippen MR) is 102 cm³/mol. The Labute approximate surface area is 173 Å². The lowest BCUT2D eigenvalue weighted by molar-refractivity contribution is -0.192. The number of imidazole rings is 1. The highest BCUT2D eigenvalue weighted by molar-refractivity contribution is 14.1. The third kappa shape index (κ3) is 4.49. The van der Waals surface area contributed by atoms with Gasteiger partial charge in [-0.1, -0.05) is 30.3 Å². The number of hydrogen-bond acceptors (Lipinski definition) is 4. The molecule has 0 saturated heterocycles. The first-order valence-electron chi connectivity index (χ1n) is 8.48. The van der Waals surface area contributed by atoms with E-state index in [1.54, 1.807) is 0 Å². The van der Waals surface area contributed by atoms with Crippen molar-refractivity contribution in [2.75, 3.05) is 0 Å². The summed E-state index contributed by atoms with van der Waals surface area (Å²) in [5.74, 6) is -1.73. The van der Waals surface area contributed by atoms with E-state index < -0.39 is 12.1 Å². The number of aliphatic carboxylic acids is 1. The van der Waals surface area contributed by atoms with Crippen molar-refractivity contribution in [3.63, 3.8) is 0 Å². The lowest BCUT2D eigenvalue weighted by atomic mass is 9.44. The summed E-state index contributed by atoms with van der Waals surface area (Å²) in [7, 11) is 0. The molecule has 0 amide bonds. The summed E-state index contributed by atoms with van der Waals surface area (Å²) in [4.78, 5) is 13.5. The number of rotatable bonds is 5. The van der Waals surface area contributed by atoms with Crippen LogP contribution in [0.5, 0.6) is 0 Å². The van der Waals surface area contributed by atoms with Crippen LogP contribution in [-0.4, -0.2) is 32.3 Å². The van der Waals surface area contributed by atoms with E-state index in [4.69, 9.17) is 20.4 Å². The summed E-state index contributed by atoms with van der Waals surface area (Å²) in [6.07, 6.45) is 0.300. The van der Waals surface area contributed by atoms with Gasteiger partial charge in [-0.15, -0.1) is 0 Å². The van der Waals surface area contributed by atoms with E-state index >= 15 is 0 Å². The summed E-state index contributed by atoms with van der Waals surface area (Å²) in [5, 5.41) is 7.12. The average Bonchev–Trinajstić information content (AvgIpc) is 2.92. The van der Waals surface area contributed by atoms with Crippen LogP contribution in [0.25, 0.3) is 0 Å². The highest BCUT2D eigenvalue weighted by atomic mass is 127. The summed E-state index contributed by atoms with van der Waals surface area (Å²) >= 11 is 2.27. The molecule has 0 spiro atoms. The number of ether oxygens (including phenoxy) is 1. The Balaban J connectivity index is 0.000000279. The first-order valence-corrected chi connectivity index (χ1v) is 9.56. The second-order valence-corrected chi connectivity index (χ2v) is 8.35. The number of halogens is 4. The fourth-order valence-corrected chi connectivity index (χ4v) is 4.36. The third-order valence-electron chi connectivity index (χ3n) is 4.89. The van der Waals surface area contributed by atoms with Crippen molar-refractivity contribution in [1.29, 1.82) is 0 Å². The maximum Gasteiger partial charge on any atom is 0.490 e. The largest absolute Gasteiger partial charge is 0.490 e. The zero-order chi connectivity index (χ0) is 20.6. The van der Waals surface area contributed by atoms with Crippen molar-refractivity contribution >= 4 is 28.6 Å². The Hall–Kier alpha value is -1.66. The average molecular weight is 509 g/mol. The van der Waals surface area contributed by atoms with Gasteiger partial charge in [-0.25, -0.2) is 9.78 Å². The van der Waals surface area contributed by atoms with Crippen molar-refractivity contribution in [2.24, 2.45) is 5.73 Å². The standard InChI is InChI=1S/C16H18IN3O.C2HF3O2/c17-13-6-20(16-9-15(18,10-16)11-16)14(19-13)8-21-7-12-4-2-1-3-5-12;3-2(4,5)1(6)7/h1-6H,7-11,18H2;(H,6,7). The van der Waals surface area contributed by atoms with E-state index in [1.165, 1.54) is 5.56 Å². The van der Waals surface area contributed by atoms with Crippen molar-refractivity contribution in [3.8, 4) is 0 Å². The van der Waals surface area contributed by atoms with Gasteiger partial charge in [-0.05, 0) is 47.4 Å². The van der Waals surface area contributed by atoms with E-state index in [9.17, 15) is 13.2 Å². The van der Waals surface area contributed by atoms with Gasteiger partial charge >= 0.3 is 12.1 Å². The number of alkyl halides is 3. The minimum atomic E-state index is -5.08. The molecule has 3 N–H and O–H groups in total. The van der Waals surface area contributed by atoms with Crippen LogP contribution >= 0.6 is 22.6 Å². The van der Waals surface area contributed by atoms with Gasteiger partial charge in [-0.2, -0.15) is 13.2 Å². The van der Waals surface area contributed by atoms with E-state index in [1.807, 2.05) is 18.2 Å². The summed E-state index contributed by atoms with van der Waals surface area (Å²) in [6.45, 7) is 1.18. The summed E-state index contributed by atoms with van der Waals surface area (Å²) in [6, 6.07) is 10.2. The lowest BCUT2D eigenvalue weighted by Crippen LogP contribution is -2.76. The van der Waals surface area contributed by atoms with Gasteiger partial charge in [-0.3, -0.25) is 0 Å². The molecule has 1 aromatic heterocycles. The zero-order valence-electron chi connectivity index (χ0n) is 14.7. The van der Waals surface area contributed by atoms with Crippen LogP contribution in [0.2, 0.25) is 0 Å². The summed E-state index contributed by atoms with van der Waals surface area (Å²) in [5.41, 5.74) is 7.71. The number of hydrogen-bond donors (Lipinski definition) is 2. The van der Waals surface area contributed by atoms with E-state index in [2.05, 4.69) is 50.5 Å². The molecule has 0 radical (unpaired) electrons. The van der Waals surface area contributed by atoms with E-state index in [0.717, 1.165) is 28.8 Å². The Kier molecular flexibility index (Phi) is 5.74. The fraction of sp³-hybridized carbons (Fsp3) is 0.444. The zero-order valence-corrected chi connectivity index (χ0v) is 16.9. The number of benzene rings is 1. The van der Waals surface area contributed by atoms with Gasteiger partial charge in [0, 0.05) is 11.7 Å². The van der Waals surface area contributed by atoms with E-state index in [0.29, 0.717) is 13.2 Å². The van der Waals surface area contributed by atoms with Crippen LogP contribution in [0.4, 0.5) is 13.2 Å². The SMILES string of the molecule is NC12CC(n3cc(I)nc3COCc3ccccc3)(C1)C2.O=C(O)C(F)(F)F. The molecule has 28 heavy (non-hydrogen) atoms. The van der Waals surface area contributed by atoms with Gasteiger partial charge in [0.15, 0.2) is 0 Å². The topological polar surface area (TPSA) is 90.4 Å². The second kappa shape index (κ2) is 7.64. The Morgan fingerprint density at radius 3 is 2.32 bits per heavy atom. The smallest absolute Gasteiger partial charge is 0.475 e. The molecule has 0 atom stereocenters. The van der Waals surface area contributed by atoms with Crippen LogP contribution in [0.1, 0.15) is 30.7 Å². The van der Waals surface area contributed by atoms with Gasteiger partial charge in [0.25, 0.3) is 0 Å². The molecule has 10 heteroatoms. The van der Waals surface area contributed by atoms with Gasteiger partial charge in [0.05, 0.1) is 12.1 Å². The quantitative estimate of drug-likeness (QED) is 0.604.